The van der Waals surface area contributed by atoms with Crippen LogP contribution in [0.2, 0.25) is 0 Å². The standard InChI is InChI=1S/C13H11FN2O3S/c14-11-3-1-2-10(8-11)9-4-6-12(7-5-9)15-13(17)16-20(18)19/h1-8H,(H,18,19)(H2,15,16,17). The predicted octanol–water partition coefficient (Wildman–Crippen LogP) is 2.75. The number of hydrogen-bond donors (Lipinski definition) is 3. The first-order valence-corrected chi connectivity index (χ1v) is 6.70. The van der Waals surface area contributed by atoms with E-state index in [1.54, 1.807) is 41.1 Å². The zero-order chi connectivity index (χ0) is 14.5. The molecule has 0 aliphatic heterocycles. The van der Waals surface area contributed by atoms with Crippen LogP contribution in [-0.2, 0) is 11.3 Å². The molecule has 5 nitrogen and oxygen atoms in total. The second-order valence-corrected chi connectivity index (χ2v) is 4.60. The Kier molecular flexibility index (Phi) is 4.44. The maximum absolute atomic E-state index is 13.1. The van der Waals surface area contributed by atoms with Crippen molar-refractivity contribution in [3.63, 3.8) is 0 Å². The summed E-state index contributed by atoms with van der Waals surface area (Å²) < 4.78 is 33.7. The maximum atomic E-state index is 13.1. The fraction of sp³-hybridized carbons (Fsp3) is 0. The van der Waals surface area contributed by atoms with E-state index in [2.05, 4.69) is 5.32 Å². The molecule has 2 aromatic rings. The second kappa shape index (κ2) is 6.27. The van der Waals surface area contributed by atoms with Crippen molar-refractivity contribution in [3.05, 3.63) is 54.3 Å². The molecule has 2 rings (SSSR count). The Balaban J connectivity index is 2.10. The van der Waals surface area contributed by atoms with Gasteiger partial charge in [0.15, 0.2) is 0 Å². The largest absolute Gasteiger partial charge is 0.332 e. The summed E-state index contributed by atoms with van der Waals surface area (Å²) in [6.07, 6.45) is 0. The summed E-state index contributed by atoms with van der Waals surface area (Å²) in [6, 6.07) is 12.0. The van der Waals surface area contributed by atoms with Crippen molar-refractivity contribution in [1.82, 2.24) is 4.72 Å². The van der Waals surface area contributed by atoms with Gasteiger partial charge in [-0.2, -0.15) is 0 Å². The molecule has 0 fully saturated rings. The Morgan fingerprint density at radius 2 is 1.80 bits per heavy atom. The van der Waals surface area contributed by atoms with Gasteiger partial charge in [-0.25, -0.2) is 18.1 Å². The Morgan fingerprint density at radius 1 is 1.10 bits per heavy atom. The van der Waals surface area contributed by atoms with Crippen LogP contribution in [-0.4, -0.2) is 14.8 Å². The smallest absolute Gasteiger partial charge is 0.307 e. The van der Waals surface area contributed by atoms with Crippen molar-refractivity contribution in [2.45, 2.75) is 0 Å². The number of halogens is 1. The lowest BCUT2D eigenvalue weighted by molar-refractivity contribution is 0.256. The topological polar surface area (TPSA) is 78.4 Å². The molecule has 1 unspecified atom stereocenters. The number of anilines is 1. The van der Waals surface area contributed by atoms with Gasteiger partial charge in [0.25, 0.3) is 11.3 Å². The Bertz CT molecular complexity index is 646. The van der Waals surface area contributed by atoms with Gasteiger partial charge in [0.05, 0.1) is 0 Å². The lowest BCUT2D eigenvalue weighted by Gasteiger charge is -2.06. The van der Waals surface area contributed by atoms with Gasteiger partial charge in [0.2, 0.25) is 0 Å². The van der Waals surface area contributed by atoms with E-state index >= 15 is 0 Å². The van der Waals surface area contributed by atoms with E-state index in [0.717, 1.165) is 11.1 Å². The van der Waals surface area contributed by atoms with Gasteiger partial charge >= 0.3 is 6.03 Å². The van der Waals surface area contributed by atoms with Gasteiger partial charge in [-0.15, -0.1) is 0 Å². The first-order valence-electron chi connectivity index (χ1n) is 5.59. The number of benzene rings is 2. The lowest BCUT2D eigenvalue weighted by Crippen LogP contribution is -2.29. The van der Waals surface area contributed by atoms with Crippen molar-refractivity contribution >= 4 is 23.0 Å². The summed E-state index contributed by atoms with van der Waals surface area (Å²) in [4.78, 5) is 11.2. The minimum Gasteiger partial charge on any atom is -0.307 e. The third kappa shape index (κ3) is 3.87. The quantitative estimate of drug-likeness (QED) is 0.762. The lowest BCUT2D eigenvalue weighted by atomic mass is 10.1. The SMILES string of the molecule is O=C(Nc1ccc(-c2cccc(F)c2)cc1)NS(=O)O. The van der Waals surface area contributed by atoms with Crippen molar-refractivity contribution in [1.29, 1.82) is 0 Å². The summed E-state index contributed by atoms with van der Waals surface area (Å²) in [5, 5.41) is 2.39. The number of rotatable bonds is 3. The molecule has 2 amide bonds. The number of hydrogen-bond acceptors (Lipinski definition) is 2. The van der Waals surface area contributed by atoms with E-state index in [1.165, 1.54) is 12.1 Å². The highest BCUT2D eigenvalue weighted by Crippen LogP contribution is 2.22. The Morgan fingerprint density at radius 3 is 2.40 bits per heavy atom. The molecule has 1 atom stereocenters. The first-order chi connectivity index (χ1) is 9.54. The third-order valence-electron chi connectivity index (χ3n) is 2.48. The van der Waals surface area contributed by atoms with E-state index in [1.807, 2.05) is 0 Å². The summed E-state index contributed by atoms with van der Waals surface area (Å²) in [5.41, 5.74) is 1.96. The molecule has 0 saturated carbocycles. The van der Waals surface area contributed by atoms with Crippen LogP contribution in [0, 0.1) is 5.82 Å². The van der Waals surface area contributed by atoms with E-state index in [-0.39, 0.29) is 5.82 Å². The third-order valence-corrected chi connectivity index (χ3v) is 2.84. The average Bonchev–Trinajstić information content (AvgIpc) is 2.38. The monoisotopic (exact) mass is 294 g/mol. The zero-order valence-electron chi connectivity index (χ0n) is 10.2. The average molecular weight is 294 g/mol. The summed E-state index contributed by atoms with van der Waals surface area (Å²) in [6.45, 7) is 0. The molecule has 0 radical (unpaired) electrons. The van der Waals surface area contributed by atoms with Crippen molar-refractivity contribution in [2.75, 3.05) is 5.32 Å². The molecule has 20 heavy (non-hydrogen) atoms. The number of carbonyl (C=O) groups is 1. The highest BCUT2D eigenvalue weighted by Gasteiger charge is 2.04. The Hall–Kier alpha value is -2.25. The van der Waals surface area contributed by atoms with Crippen molar-refractivity contribution in [2.24, 2.45) is 0 Å². The maximum Gasteiger partial charge on any atom is 0.332 e. The summed E-state index contributed by atoms with van der Waals surface area (Å²) in [5.74, 6) is -0.325. The number of urea groups is 1. The van der Waals surface area contributed by atoms with E-state index in [0.29, 0.717) is 5.69 Å². The van der Waals surface area contributed by atoms with Crippen LogP contribution in [0.1, 0.15) is 0 Å². The molecule has 0 heterocycles. The van der Waals surface area contributed by atoms with Gasteiger partial charge in [-0.3, -0.25) is 4.55 Å². The number of carbonyl (C=O) groups excluding carboxylic acids is 1. The minimum atomic E-state index is -2.41. The van der Waals surface area contributed by atoms with Crippen LogP contribution < -0.4 is 10.0 Å². The van der Waals surface area contributed by atoms with Gasteiger partial charge in [0, 0.05) is 5.69 Å². The molecule has 2 aromatic carbocycles. The highest BCUT2D eigenvalue weighted by molar-refractivity contribution is 7.77. The van der Waals surface area contributed by atoms with Crippen LogP contribution in [0.3, 0.4) is 0 Å². The number of nitrogens with one attached hydrogen (secondary N) is 2. The molecule has 7 heteroatoms. The van der Waals surface area contributed by atoms with Gasteiger partial charge in [-0.1, -0.05) is 24.3 Å². The molecular formula is C13H11FN2O3S. The molecule has 0 aliphatic rings. The van der Waals surface area contributed by atoms with E-state index in [9.17, 15) is 13.4 Å². The van der Waals surface area contributed by atoms with Crippen LogP contribution >= 0.6 is 0 Å². The number of amides is 2. The van der Waals surface area contributed by atoms with Crippen molar-refractivity contribution in [3.8, 4) is 11.1 Å². The van der Waals surface area contributed by atoms with Crippen LogP contribution in [0.5, 0.6) is 0 Å². The highest BCUT2D eigenvalue weighted by atomic mass is 32.2. The molecule has 0 bridgehead atoms. The molecule has 3 N–H and O–H groups in total. The molecule has 0 aliphatic carbocycles. The Labute approximate surface area is 117 Å². The van der Waals surface area contributed by atoms with E-state index < -0.39 is 17.3 Å². The normalized spacial score (nSPS) is 11.7. The minimum absolute atomic E-state index is 0.325. The summed E-state index contributed by atoms with van der Waals surface area (Å²) in [7, 11) is 0. The molecule has 0 spiro atoms. The summed E-state index contributed by atoms with van der Waals surface area (Å²) >= 11 is -2.41. The predicted molar refractivity (Wildman–Crippen MR) is 74.8 cm³/mol. The van der Waals surface area contributed by atoms with Crippen LogP contribution in [0.25, 0.3) is 11.1 Å². The molecule has 0 saturated heterocycles. The van der Waals surface area contributed by atoms with Gasteiger partial charge in [-0.05, 0) is 35.4 Å². The van der Waals surface area contributed by atoms with Gasteiger partial charge in [0.1, 0.15) is 5.82 Å². The van der Waals surface area contributed by atoms with Crippen molar-refractivity contribution < 1.29 is 17.9 Å². The molecule has 0 aromatic heterocycles. The van der Waals surface area contributed by atoms with E-state index in [4.69, 9.17) is 4.55 Å². The first kappa shape index (κ1) is 14.2. The fourth-order valence-corrected chi connectivity index (χ4v) is 1.86. The zero-order valence-corrected chi connectivity index (χ0v) is 11.0. The molecular weight excluding hydrogens is 283 g/mol. The second-order valence-electron chi connectivity index (χ2n) is 3.89. The van der Waals surface area contributed by atoms with Crippen LogP contribution in [0.4, 0.5) is 14.9 Å². The van der Waals surface area contributed by atoms with Crippen LogP contribution in [0.15, 0.2) is 48.5 Å². The molecule has 104 valence electrons. The fourth-order valence-electron chi connectivity index (χ4n) is 1.65. The van der Waals surface area contributed by atoms with Gasteiger partial charge < -0.3 is 5.32 Å².